The number of hydrogen-bond acceptors (Lipinski definition) is 11. The minimum absolute atomic E-state index is 0.0220. The Labute approximate surface area is 504 Å². The lowest BCUT2D eigenvalue weighted by Crippen LogP contribution is -2.75. The number of anilines is 3. The van der Waals surface area contributed by atoms with E-state index in [0.717, 1.165) is 0 Å². The van der Waals surface area contributed by atoms with E-state index >= 15 is 0 Å². The van der Waals surface area contributed by atoms with Gasteiger partial charge in [0, 0.05) is 155 Å². The molecule has 0 unspecified atom stereocenters. The molecule has 3 aromatic heterocycles. The number of hydrogen-bond donors (Lipinski definition) is 4. The molecule has 34 radical (unpaired) electrons. The first-order valence-electron chi connectivity index (χ1n) is 25.2. The van der Waals surface area contributed by atoms with Gasteiger partial charge in [0.15, 0.2) is 0 Å². The summed E-state index contributed by atoms with van der Waals surface area (Å²) in [6.45, 7) is 7.75. The first-order chi connectivity index (χ1) is 36.7. The second-order valence-corrected chi connectivity index (χ2v) is 19.0. The Balaban J connectivity index is 0.000000977. The molecule has 4 rings (SSSR count). The van der Waals surface area contributed by atoms with Gasteiger partial charge in [-0.15, -0.1) is 6.39 Å². The molecule has 2 amide bonds. The average Bonchev–Trinajstić information content (AvgIpc) is 3.57. The summed E-state index contributed by atoms with van der Waals surface area (Å²) in [7, 11) is 96.0. The van der Waals surface area contributed by atoms with Crippen LogP contribution in [0.4, 0.5) is 22.2 Å². The fourth-order valence-corrected chi connectivity index (χ4v) is 7.36. The maximum absolute atomic E-state index is 11.9. The lowest BCUT2D eigenvalue weighted by atomic mass is 8.44. The Morgan fingerprint density at radius 1 is 0.684 bits per heavy atom. The topological polar surface area (TPSA) is 184 Å². The smallest absolute Gasteiger partial charge is 0.323 e. The van der Waals surface area contributed by atoms with Gasteiger partial charge in [-0.25, -0.2) is 34.7 Å². The highest BCUT2D eigenvalue weighted by Gasteiger charge is 2.40. The SMILES string of the molecule is CC(C)[C@@H](C#N)Nc1ccnc(Cl)n1.[2H]C([2H])(N)[C@@H](Nc1ccnc(Cl)n1)C(C)C.[2H]C1([2H])NC(=O)N(c2ccnc(Cl)n2)[C@H]1C(C)C.[B]B([B])B(B([B])[B])B(B([B])[B])B([B])B([B])[BH3-].[B]B([B])B([B])B(B([B])[B])B(B([B])[B])B([B])[B]. The van der Waals surface area contributed by atoms with Crippen LogP contribution in [-0.4, -0.2) is 296 Å². The normalized spacial score (nSPS) is 14.4. The third-order valence-corrected chi connectivity index (χ3v) is 11.5. The first-order valence-corrected chi connectivity index (χ1v) is 24.3. The zero-order valence-corrected chi connectivity index (χ0v) is 45.3. The van der Waals surface area contributed by atoms with Gasteiger partial charge in [-0.1, -0.05) is 49.3 Å². The van der Waals surface area contributed by atoms with E-state index in [1.165, 1.54) is 23.4 Å². The molecular weight excluding hydrogens is 973 g/mol. The molecule has 1 aliphatic rings. The maximum Gasteiger partial charge on any atom is 0.323 e. The van der Waals surface area contributed by atoms with Crippen LogP contribution in [0.25, 0.3) is 0 Å². The molecule has 48 heteroatoms. The van der Waals surface area contributed by atoms with Gasteiger partial charge in [0.1, 0.15) is 23.5 Å². The molecular formula is C28H42B32Cl3N12O-. The Hall–Kier alpha value is -1.49. The van der Waals surface area contributed by atoms with Crippen molar-refractivity contribution in [3.8, 4) is 6.07 Å². The van der Waals surface area contributed by atoms with Crippen molar-refractivity contribution in [3.63, 3.8) is 0 Å². The number of carbonyl (C=O) groups is 1. The molecule has 1 saturated heterocycles. The highest BCUT2D eigenvalue weighted by atomic mass is 35.5. The van der Waals surface area contributed by atoms with Gasteiger partial charge >= 0.3 is 6.03 Å². The maximum atomic E-state index is 11.9. The van der Waals surface area contributed by atoms with Crippen LogP contribution in [0.3, 0.4) is 0 Å². The van der Waals surface area contributed by atoms with Gasteiger partial charge in [-0.2, -0.15) is 5.26 Å². The van der Waals surface area contributed by atoms with E-state index in [1.807, 2.05) is 41.5 Å². The summed E-state index contributed by atoms with van der Waals surface area (Å²) in [4.78, 5) is 36.2. The molecule has 1 aliphatic heterocycles. The van der Waals surface area contributed by atoms with Crippen LogP contribution in [0.1, 0.15) is 47.0 Å². The molecule has 3 atom stereocenters. The molecule has 0 saturated carbocycles. The zero-order valence-electron chi connectivity index (χ0n) is 47.0. The van der Waals surface area contributed by atoms with Crippen LogP contribution in [0.15, 0.2) is 36.8 Å². The molecule has 5 N–H and O–H groups in total. The molecule has 0 aliphatic carbocycles. The van der Waals surface area contributed by atoms with E-state index in [0.29, 0.717) is 17.5 Å². The fraction of sp³-hybridized carbons (Fsp3) is 0.500. The molecule has 3 aromatic rings. The van der Waals surface area contributed by atoms with Crippen molar-refractivity contribution in [1.29, 1.82) is 5.26 Å². The average molecular weight is 1020 g/mol. The number of aromatic nitrogens is 6. The summed E-state index contributed by atoms with van der Waals surface area (Å²) < 4.78 is 30.8. The largest absolute Gasteiger partial charge is 0.366 e. The van der Waals surface area contributed by atoms with Crippen LogP contribution in [0.5, 0.6) is 0 Å². The Kier molecular flexibility index (Phi) is 33.7. The number of urea groups is 1. The van der Waals surface area contributed by atoms with Crippen molar-refractivity contribution < 1.29 is 10.3 Å². The highest BCUT2D eigenvalue weighted by Crippen LogP contribution is 2.23. The Bertz CT molecular complexity index is 2260. The third kappa shape index (κ3) is 26.9. The van der Waals surface area contributed by atoms with E-state index in [2.05, 4.69) is 51.9 Å². The molecule has 4 heterocycles. The number of carbonyl (C=O) groups excluding carboxylic acids is 1. The minimum atomic E-state index is -1.83. The number of nitrogens with one attached hydrogen (secondary N) is 3. The number of nitrogens with two attached hydrogens (primary N) is 1. The molecule has 0 spiro atoms. The minimum Gasteiger partial charge on any atom is -0.366 e. The van der Waals surface area contributed by atoms with Gasteiger partial charge in [0.2, 0.25) is 15.9 Å². The number of halogens is 3. The van der Waals surface area contributed by atoms with Crippen LogP contribution in [0, 0.1) is 29.1 Å². The second-order valence-electron chi connectivity index (χ2n) is 18.0. The van der Waals surface area contributed by atoms with E-state index in [4.69, 9.17) is 183 Å². The van der Waals surface area contributed by atoms with Crippen molar-refractivity contribution in [2.75, 3.05) is 28.5 Å². The summed E-state index contributed by atoms with van der Waals surface area (Å²) in [6.07, 6.45) is -3.88. The van der Waals surface area contributed by atoms with Crippen molar-refractivity contribution in [2.45, 2.75) is 59.7 Å². The van der Waals surface area contributed by atoms with Crippen LogP contribution in [-0.2, 0) is 0 Å². The second kappa shape index (κ2) is 38.3. The number of rotatable bonds is 21. The monoisotopic (exact) mass is 1020 g/mol. The van der Waals surface area contributed by atoms with Gasteiger partial charge in [0.05, 0.1) is 14.9 Å². The lowest BCUT2D eigenvalue weighted by Gasteiger charge is -2.38. The van der Waals surface area contributed by atoms with Crippen molar-refractivity contribution in [2.24, 2.45) is 23.5 Å². The molecule has 0 bridgehead atoms. The van der Waals surface area contributed by atoms with Gasteiger partial charge < -0.3 is 21.7 Å². The van der Waals surface area contributed by atoms with Gasteiger partial charge in [0.25, 0.3) is 0 Å². The van der Waals surface area contributed by atoms with Crippen LogP contribution >= 0.6 is 34.8 Å². The van der Waals surface area contributed by atoms with E-state index in [-0.39, 0.29) is 66.5 Å². The van der Waals surface area contributed by atoms with E-state index < -0.39 is 101 Å². The quantitative estimate of drug-likeness (QED) is 0.0588. The number of nitriles is 1. The molecule has 0 aromatic carbocycles. The number of nitrogens with zero attached hydrogens (tertiary/aromatic N) is 8. The zero-order chi connectivity index (χ0) is 62.5. The Morgan fingerprint density at radius 3 is 1.39 bits per heavy atom. The van der Waals surface area contributed by atoms with Crippen molar-refractivity contribution in [1.82, 2.24) is 35.2 Å². The summed E-state index contributed by atoms with van der Waals surface area (Å²) in [6, 6.07) is 5.01. The molecule has 13 nitrogen and oxygen atoms in total. The predicted octanol–water partition coefficient (Wildman–Crippen LogP) is -7.69. The summed E-state index contributed by atoms with van der Waals surface area (Å²) in [5.41, 5.74) is 5.46. The van der Waals surface area contributed by atoms with Crippen molar-refractivity contribution >= 4 is 287 Å². The third-order valence-electron chi connectivity index (χ3n) is 10.9. The summed E-state index contributed by atoms with van der Waals surface area (Å²) in [5.74, 6) is 1.50. The van der Waals surface area contributed by atoms with Crippen LogP contribution < -0.4 is 26.6 Å². The summed E-state index contributed by atoms with van der Waals surface area (Å²) >= 11 is 16.9. The lowest BCUT2D eigenvalue weighted by molar-refractivity contribution is 0.251. The summed E-state index contributed by atoms with van der Waals surface area (Å²) in [5, 5.41) is 17.4. The van der Waals surface area contributed by atoms with Crippen molar-refractivity contribution in [3.05, 3.63) is 52.6 Å². The Morgan fingerprint density at radius 2 is 1.08 bits per heavy atom. The highest BCUT2D eigenvalue weighted by molar-refractivity contribution is 8.15. The van der Waals surface area contributed by atoms with E-state index in [9.17, 15) is 4.79 Å². The fourth-order valence-electron chi connectivity index (χ4n) is 6.92. The first kappa shape index (κ1) is 67.0. The number of amides is 2. The van der Waals surface area contributed by atoms with E-state index in [1.54, 1.807) is 18.3 Å². The van der Waals surface area contributed by atoms with Crippen LogP contribution in [0.2, 0.25) is 15.9 Å². The van der Waals surface area contributed by atoms with Gasteiger partial charge in [-0.05, 0) is 171 Å². The molecule has 338 valence electrons. The standard InChI is InChI=1S/C10H13ClN4O.C9H15ClN4.C9H11ClN4.B16H3.B16/c1-6(2)7-5-13-10(16)15(7)8-3-4-12-9(11)14-8;2*1-6(2)7(5-11)13-8-3-4-12-9(10)14-8;2*1-10(2)14(9)16(13(7)8)15(11(3)4)12(5)6/h3-4,6-7H,5H2,1-2H3,(H,13,16);3-4,6-7H,5,11H2,1-2H3,(H,12,13,14);3-4,6-7H,1-2H3,(H,12,13,14);1H3;/q;;;-1;/t3*7-;;/m111../s1/i2*5D2;;;. The molecule has 76 heavy (non-hydrogen) atoms. The van der Waals surface area contributed by atoms with Gasteiger partial charge in [-0.3, -0.25) is 4.90 Å². The molecule has 1 fully saturated rings. The predicted molar refractivity (Wildman–Crippen MR) is 363 cm³/mol.